The Kier molecular flexibility index (Phi) is 2.70. The predicted octanol–water partition coefficient (Wildman–Crippen LogP) is 2.22. The van der Waals surface area contributed by atoms with Crippen molar-refractivity contribution in [2.75, 3.05) is 5.73 Å². The summed E-state index contributed by atoms with van der Waals surface area (Å²) in [7, 11) is 0. The number of halogens is 1. The Bertz CT molecular complexity index is 701. The molecule has 1 atom stereocenters. The number of nitrogens with two attached hydrogens (primary N) is 1. The van der Waals surface area contributed by atoms with Crippen LogP contribution in [0.5, 0.6) is 0 Å². The minimum Gasteiger partial charge on any atom is -0.369 e. The van der Waals surface area contributed by atoms with E-state index in [4.69, 9.17) is 5.73 Å². The molecule has 5 nitrogen and oxygen atoms in total. The minimum atomic E-state index is -0.306. The van der Waals surface area contributed by atoms with Crippen molar-refractivity contribution in [3.8, 4) is 0 Å². The van der Waals surface area contributed by atoms with Crippen LogP contribution in [0.1, 0.15) is 13.0 Å². The number of hydrogen-bond donors (Lipinski definition) is 1. The highest BCUT2D eigenvalue weighted by molar-refractivity contribution is 5.78. The van der Waals surface area contributed by atoms with Crippen molar-refractivity contribution >= 4 is 17.0 Å². The van der Waals surface area contributed by atoms with Gasteiger partial charge in [0.1, 0.15) is 5.82 Å². The van der Waals surface area contributed by atoms with E-state index >= 15 is 0 Å². The molecule has 1 aromatic carbocycles. The summed E-state index contributed by atoms with van der Waals surface area (Å²) in [5, 5.41) is 0. The molecule has 3 aromatic rings. The second kappa shape index (κ2) is 4.38. The molecule has 0 aliphatic carbocycles. The number of anilines is 1. The second-order valence-corrected chi connectivity index (χ2v) is 4.58. The fraction of sp³-hybridized carbons (Fsp3) is 0.231. The molecule has 0 saturated heterocycles. The van der Waals surface area contributed by atoms with Crippen LogP contribution in [0.15, 0.2) is 36.9 Å². The molecular formula is C13H14FN5. The molecule has 0 spiro atoms. The number of nitrogens with zero attached hydrogens (tertiary/aromatic N) is 4. The van der Waals surface area contributed by atoms with Crippen molar-refractivity contribution in [1.29, 1.82) is 0 Å². The zero-order valence-corrected chi connectivity index (χ0v) is 10.5. The van der Waals surface area contributed by atoms with E-state index in [0.29, 0.717) is 11.5 Å². The molecule has 0 aliphatic rings. The average Bonchev–Trinajstić information content (AvgIpc) is 2.95. The van der Waals surface area contributed by atoms with Crippen molar-refractivity contribution in [2.24, 2.45) is 0 Å². The molecule has 0 radical (unpaired) electrons. The van der Waals surface area contributed by atoms with Gasteiger partial charge in [0.05, 0.1) is 23.4 Å². The summed E-state index contributed by atoms with van der Waals surface area (Å²) in [6.45, 7) is 2.77. The highest BCUT2D eigenvalue weighted by Gasteiger charge is 2.14. The molecule has 0 fully saturated rings. The van der Waals surface area contributed by atoms with Gasteiger partial charge in [-0.25, -0.2) is 14.4 Å². The SMILES string of the molecule is CC(Cn1ccnc1)n1c(N)nc2cc(F)ccc21. The van der Waals surface area contributed by atoms with Crippen LogP contribution in [0.4, 0.5) is 10.3 Å². The van der Waals surface area contributed by atoms with E-state index in [2.05, 4.69) is 9.97 Å². The summed E-state index contributed by atoms with van der Waals surface area (Å²) >= 11 is 0. The number of benzene rings is 1. The number of nitrogen functional groups attached to an aromatic ring is 1. The van der Waals surface area contributed by atoms with Crippen molar-refractivity contribution in [1.82, 2.24) is 19.1 Å². The summed E-state index contributed by atoms with van der Waals surface area (Å²) in [5.74, 6) is 0.0904. The molecule has 3 rings (SSSR count). The Labute approximate surface area is 109 Å². The molecule has 98 valence electrons. The van der Waals surface area contributed by atoms with Crippen LogP contribution in [0.3, 0.4) is 0 Å². The van der Waals surface area contributed by atoms with Crippen LogP contribution < -0.4 is 5.73 Å². The molecule has 2 aromatic heterocycles. The standard InChI is InChI=1S/C13H14FN5/c1-9(7-18-5-4-16-8-18)19-12-3-2-10(14)6-11(12)17-13(19)15/h2-6,8-9H,7H2,1H3,(H2,15,17). The van der Waals surface area contributed by atoms with Gasteiger partial charge in [0.2, 0.25) is 5.95 Å². The first kappa shape index (κ1) is 11.7. The molecular weight excluding hydrogens is 245 g/mol. The molecule has 1 unspecified atom stereocenters. The van der Waals surface area contributed by atoms with Gasteiger partial charge < -0.3 is 14.9 Å². The Morgan fingerprint density at radius 1 is 1.42 bits per heavy atom. The smallest absolute Gasteiger partial charge is 0.201 e. The van der Waals surface area contributed by atoms with Crippen LogP contribution in [0.25, 0.3) is 11.0 Å². The fourth-order valence-corrected chi connectivity index (χ4v) is 2.34. The highest BCUT2D eigenvalue weighted by atomic mass is 19.1. The first-order valence-corrected chi connectivity index (χ1v) is 6.04. The van der Waals surface area contributed by atoms with Crippen LogP contribution in [-0.4, -0.2) is 19.1 Å². The van der Waals surface area contributed by atoms with Gasteiger partial charge in [0.25, 0.3) is 0 Å². The van der Waals surface area contributed by atoms with Gasteiger partial charge in [-0.15, -0.1) is 0 Å². The van der Waals surface area contributed by atoms with Gasteiger partial charge in [-0.3, -0.25) is 0 Å². The number of fused-ring (bicyclic) bond motifs is 1. The summed E-state index contributed by atoms with van der Waals surface area (Å²) < 4.78 is 17.1. The Morgan fingerprint density at radius 3 is 3.00 bits per heavy atom. The summed E-state index contributed by atoms with van der Waals surface area (Å²) in [6, 6.07) is 4.62. The lowest BCUT2D eigenvalue weighted by Gasteiger charge is -2.16. The lowest BCUT2D eigenvalue weighted by Crippen LogP contribution is -2.14. The topological polar surface area (TPSA) is 61.7 Å². The zero-order valence-electron chi connectivity index (χ0n) is 10.5. The maximum Gasteiger partial charge on any atom is 0.201 e. The van der Waals surface area contributed by atoms with Gasteiger partial charge in [0, 0.05) is 25.0 Å². The number of imidazole rings is 2. The van der Waals surface area contributed by atoms with Gasteiger partial charge in [-0.1, -0.05) is 0 Å². The van der Waals surface area contributed by atoms with Crippen LogP contribution in [0, 0.1) is 5.82 Å². The van der Waals surface area contributed by atoms with E-state index in [0.717, 1.165) is 12.1 Å². The maximum atomic E-state index is 13.2. The minimum absolute atomic E-state index is 0.102. The fourth-order valence-electron chi connectivity index (χ4n) is 2.34. The normalized spacial score (nSPS) is 12.9. The van der Waals surface area contributed by atoms with Crippen molar-refractivity contribution < 1.29 is 4.39 Å². The molecule has 2 heterocycles. The predicted molar refractivity (Wildman–Crippen MR) is 71.0 cm³/mol. The van der Waals surface area contributed by atoms with E-state index in [-0.39, 0.29) is 11.9 Å². The third kappa shape index (κ3) is 2.05. The quantitative estimate of drug-likeness (QED) is 0.784. The second-order valence-electron chi connectivity index (χ2n) is 4.58. The number of rotatable bonds is 3. The van der Waals surface area contributed by atoms with Crippen LogP contribution >= 0.6 is 0 Å². The Balaban J connectivity index is 2.01. The first-order valence-electron chi connectivity index (χ1n) is 6.04. The van der Waals surface area contributed by atoms with E-state index in [1.165, 1.54) is 12.1 Å². The van der Waals surface area contributed by atoms with Crippen molar-refractivity contribution in [3.63, 3.8) is 0 Å². The van der Waals surface area contributed by atoms with Gasteiger partial charge in [-0.2, -0.15) is 0 Å². The average molecular weight is 259 g/mol. The van der Waals surface area contributed by atoms with E-state index in [1.54, 1.807) is 18.6 Å². The number of aromatic nitrogens is 4. The van der Waals surface area contributed by atoms with Crippen LogP contribution in [0.2, 0.25) is 0 Å². The molecule has 0 saturated carbocycles. The molecule has 19 heavy (non-hydrogen) atoms. The largest absolute Gasteiger partial charge is 0.369 e. The van der Waals surface area contributed by atoms with Gasteiger partial charge in [-0.05, 0) is 19.1 Å². The first-order chi connectivity index (χ1) is 9.15. The molecule has 0 aliphatic heterocycles. The zero-order chi connectivity index (χ0) is 13.4. The Morgan fingerprint density at radius 2 is 2.26 bits per heavy atom. The summed E-state index contributed by atoms with van der Waals surface area (Å²) in [4.78, 5) is 8.21. The molecule has 2 N–H and O–H groups in total. The molecule has 6 heteroatoms. The molecule has 0 amide bonds. The number of hydrogen-bond acceptors (Lipinski definition) is 3. The Hall–Kier alpha value is -2.37. The summed E-state index contributed by atoms with van der Waals surface area (Å²) in [5.41, 5.74) is 7.36. The van der Waals surface area contributed by atoms with Crippen molar-refractivity contribution in [3.05, 3.63) is 42.7 Å². The monoisotopic (exact) mass is 259 g/mol. The van der Waals surface area contributed by atoms with E-state index in [9.17, 15) is 4.39 Å². The third-order valence-corrected chi connectivity index (χ3v) is 3.15. The lowest BCUT2D eigenvalue weighted by molar-refractivity contribution is 0.479. The third-order valence-electron chi connectivity index (χ3n) is 3.15. The van der Waals surface area contributed by atoms with Gasteiger partial charge >= 0.3 is 0 Å². The lowest BCUT2D eigenvalue weighted by atomic mass is 10.2. The maximum absolute atomic E-state index is 13.2. The summed E-state index contributed by atoms with van der Waals surface area (Å²) in [6.07, 6.45) is 5.38. The van der Waals surface area contributed by atoms with E-state index in [1.807, 2.05) is 22.3 Å². The van der Waals surface area contributed by atoms with Crippen molar-refractivity contribution in [2.45, 2.75) is 19.5 Å². The van der Waals surface area contributed by atoms with Gasteiger partial charge in [0.15, 0.2) is 0 Å². The highest BCUT2D eigenvalue weighted by Crippen LogP contribution is 2.24. The molecule has 0 bridgehead atoms. The van der Waals surface area contributed by atoms with E-state index < -0.39 is 0 Å². The van der Waals surface area contributed by atoms with Crippen LogP contribution in [-0.2, 0) is 6.54 Å².